The summed E-state index contributed by atoms with van der Waals surface area (Å²) in [5.74, 6) is 1.53. The van der Waals surface area contributed by atoms with Crippen molar-refractivity contribution in [2.45, 2.75) is 114 Å². The van der Waals surface area contributed by atoms with Crippen LogP contribution in [-0.2, 0) is 16.0 Å². The first-order valence-corrected chi connectivity index (χ1v) is 14.1. The van der Waals surface area contributed by atoms with Gasteiger partial charge in [-0.3, -0.25) is 4.90 Å². The topological polar surface area (TPSA) is 41.6 Å². The number of hydrogen-bond donors (Lipinski definition) is 1. The number of likely N-dealkylation sites (tertiary alicyclic amines) is 1. The number of hydrogen-bond acceptors (Lipinski definition) is 4. The Morgan fingerprint density at radius 1 is 1.14 bits per heavy atom. The second-order valence-electron chi connectivity index (χ2n) is 12.4. The fourth-order valence-electron chi connectivity index (χ4n) is 7.13. The van der Waals surface area contributed by atoms with E-state index in [4.69, 9.17) is 4.74 Å². The van der Waals surface area contributed by atoms with Crippen LogP contribution in [0.5, 0.6) is 0 Å². The van der Waals surface area contributed by atoms with Gasteiger partial charge >= 0.3 is 0 Å². The molecule has 2 heterocycles. The summed E-state index contributed by atoms with van der Waals surface area (Å²) < 4.78 is 6.01. The van der Waals surface area contributed by atoms with Crippen molar-refractivity contribution in [3.05, 3.63) is 47.7 Å². The predicted octanol–water partition coefficient (Wildman–Crippen LogP) is 6.40. The Kier molecular flexibility index (Phi) is 8.76. The maximum atomic E-state index is 10.7. The molecule has 4 rings (SSSR count). The number of nitrogens with zero attached hydrogens (tertiary/aromatic N) is 1. The van der Waals surface area contributed by atoms with Gasteiger partial charge in [-0.2, -0.15) is 0 Å². The lowest BCUT2D eigenvalue weighted by molar-refractivity contribution is -0.107. The first kappa shape index (κ1) is 26.4. The number of unbranched alkanes of at least 4 members (excludes halogenated alkanes) is 2. The molecule has 0 bridgehead atoms. The molecule has 0 amide bonds. The first-order valence-electron chi connectivity index (χ1n) is 14.1. The van der Waals surface area contributed by atoms with Gasteiger partial charge in [0.05, 0.1) is 18.8 Å². The minimum Gasteiger partial charge on any atom is -0.378 e. The molecule has 2 atom stereocenters. The van der Waals surface area contributed by atoms with E-state index in [0.29, 0.717) is 25.0 Å². The van der Waals surface area contributed by atoms with E-state index in [0.717, 1.165) is 56.7 Å². The van der Waals surface area contributed by atoms with E-state index in [9.17, 15) is 4.79 Å². The lowest BCUT2D eigenvalue weighted by Gasteiger charge is -2.46. The van der Waals surface area contributed by atoms with Gasteiger partial charge in [-0.1, -0.05) is 30.8 Å². The van der Waals surface area contributed by atoms with E-state index in [1.54, 1.807) is 5.56 Å². The molecule has 1 N–H and O–H groups in total. The third kappa shape index (κ3) is 6.38. The van der Waals surface area contributed by atoms with Gasteiger partial charge in [-0.05, 0) is 108 Å². The standard InChI is InChI=1S/C31H48N2O2/c1-24-22-35-23-31(32-24)19-20-33(30(2,3)4)29(31)18-15-25-13-16-27(17-14-25)28-12-8-7-11-26(28)10-6-5-9-21-34/h7-8,11-12,21,25,27,29,32H,1,5-6,9-10,13-20,22-23H2,2-4H3. The number of carbonyl (C=O) groups excluding carboxylic acids is 1. The van der Waals surface area contributed by atoms with Crippen LogP contribution in [0.25, 0.3) is 0 Å². The van der Waals surface area contributed by atoms with Crippen molar-refractivity contribution in [1.82, 2.24) is 10.2 Å². The van der Waals surface area contributed by atoms with Gasteiger partial charge < -0.3 is 14.8 Å². The highest BCUT2D eigenvalue weighted by molar-refractivity contribution is 5.49. The van der Waals surface area contributed by atoms with Gasteiger partial charge in [0.1, 0.15) is 6.29 Å². The number of benzene rings is 1. The second kappa shape index (κ2) is 11.6. The molecule has 0 radical (unpaired) electrons. The maximum Gasteiger partial charge on any atom is 0.119 e. The summed E-state index contributed by atoms with van der Waals surface area (Å²) >= 11 is 0. The smallest absolute Gasteiger partial charge is 0.119 e. The monoisotopic (exact) mass is 480 g/mol. The Morgan fingerprint density at radius 3 is 2.63 bits per heavy atom. The molecule has 2 saturated heterocycles. The molecule has 3 aliphatic rings. The van der Waals surface area contributed by atoms with Crippen LogP contribution in [0.4, 0.5) is 0 Å². The molecule has 1 saturated carbocycles. The van der Waals surface area contributed by atoms with Gasteiger partial charge in [0.2, 0.25) is 0 Å². The Morgan fingerprint density at radius 2 is 1.91 bits per heavy atom. The molecular formula is C31H48N2O2. The second-order valence-corrected chi connectivity index (χ2v) is 12.4. The van der Waals surface area contributed by atoms with Crippen LogP contribution in [0.1, 0.15) is 102 Å². The highest BCUT2D eigenvalue weighted by atomic mass is 16.5. The zero-order valence-electron chi connectivity index (χ0n) is 22.5. The Balaban J connectivity index is 1.34. The zero-order chi connectivity index (χ0) is 24.9. The number of carbonyl (C=O) groups is 1. The van der Waals surface area contributed by atoms with Crippen molar-refractivity contribution in [1.29, 1.82) is 0 Å². The fraction of sp³-hybridized carbons (Fsp3) is 0.710. The van der Waals surface area contributed by atoms with E-state index in [1.165, 1.54) is 44.1 Å². The normalized spacial score (nSPS) is 29.9. The number of aldehydes is 1. The third-order valence-electron chi connectivity index (χ3n) is 8.94. The Hall–Kier alpha value is -1.65. The molecule has 1 aliphatic carbocycles. The molecule has 35 heavy (non-hydrogen) atoms. The minimum absolute atomic E-state index is 0.0304. The highest BCUT2D eigenvalue weighted by Crippen LogP contribution is 2.43. The number of ether oxygens (including phenoxy) is 1. The van der Waals surface area contributed by atoms with Gasteiger partial charge in [0.15, 0.2) is 0 Å². The summed E-state index contributed by atoms with van der Waals surface area (Å²) in [4.78, 5) is 13.4. The van der Waals surface area contributed by atoms with Crippen LogP contribution < -0.4 is 5.32 Å². The van der Waals surface area contributed by atoms with Gasteiger partial charge in [-0.15, -0.1) is 0 Å². The minimum atomic E-state index is 0.0304. The molecule has 4 nitrogen and oxygen atoms in total. The number of morpholine rings is 1. The molecule has 1 aromatic carbocycles. The van der Waals surface area contributed by atoms with Gasteiger partial charge in [-0.25, -0.2) is 0 Å². The Labute approximate surface area is 213 Å². The summed E-state index contributed by atoms with van der Waals surface area (Å²) in [6, 6.07) is 9.58. The summed E-state index contributed by atoms with van der Waals surface area (Å²) in [5, 5.41) is 3.81. The van der Waals surface area contributed by atoms with E-state index in [-0.39, 0.29) is 11.1 Å². The van der Waals surface area contributed by atoms with E-state index in [2.05, 4.69) is 61.8 Å². The average Bonchev–Trinajstić information content (AvgIpc) is 3.18. The van der Waals surface area contributed by atoms with Crippen LogP contribution >= 0.6 is 0 Å². The van der Waals surface area contributed by atoms with E-state index >= 15 is 0 Å². The highest BCUT2D eigenvalue weighted by Gasteiger charge is 2.51. The van der Waals surface area contributed by atoms with Crippen molar-refractivity contribution >= 4 is 6.29 Å². The lowest BCUT2D eigenvalue weighted by Crippen LogP contribution is -2.62. The largest absolute Gasteiger partial charge is 0.378 e. The quantitative estimate of drug-likeness (QED) is 0.328. The summed E-state index contributed by atoms with van der Waals surface area (Å²) in [6.07, 6.45) is 14.0. The van der Waals surface area contributed by atoms with Crippen LogP contribution in [0.3, 0.4) is 0 Å². The van der Waals surface area contributed by atoms with Crippen molar-refractivity contribution in [2.75, 3.05) is 19.8 Å². The average molecular weight is 481 g/mol. The van der Waals surface area contributed by atoms with Crippen molar-refractivity contribution in [2.24, 2.45) is 5.92 Å². The third-order valence-corrected chi connectivity index (χ3v) is 8.94. The van der Waals surface area contributed by atoms with Crippen molar-refractivity contribution < 1.29 is 9.53 Å². The lowest BCUT2D eigenvalue weighted by atomic mass is 9.74. The molecular weight excluding hydrogens is 432 g/mol. The molecule has 1 aromatic rings. The molecule has 194 valence electrons. The molecule has 0 aromatic heterocycles. The van der Waals surface area contributed by atoms with Crippen LogP contribution in [0.15, 0.2) is 36.5 Å². The van der Waals surface area contributed by atoms with Gasteiger partial charge in [0, 0.05) is 30.2 Å². The van der Waals surface area contributed by atoms with Gasteiger partial charge in [0.25, 0.3) is 0 Å². The van der Waals surface area contributed by atoms with Crippen LogP contribution in [-0.4, -0.2) is 48.1 Å². The van der Waals surface area contributed by atoms with Crippen LogP contribution in [0, 0.1) is 5.92 Å². The Bertz CT molecular complexity index is 852. The molecule has 4 heteroatoms. The van der Waals surface area contributed by atoms with E-state index in [1.807, 2.05) is 0 Å². The summed E-state index contributed by atoms with van der Waals surface area (Å²) in [5.41, 5.74) is 4.33. The molecule has 2 unspecified atom stereocenters. The number of rotatable bonds is 9. The number of nitrogens with one attached hydrogen (secondary N) is 1. The molecule has 3 fully saturated rings. The van der Waals surface area contributed by atoms with E-state index < -0.39 is 0 Å². The van der Waals surface area contributed by atoms with Crippen LogP contribution in [0.2, 0.25) is 0 Å². The SMILES string of the molecule is C=C1COCC2(CCN(C(C)(C)C)C2CCC2CCC(c3ccccc3CCCCC=O)CC2)N1. The molecule has 2 aliphatic heterocycles. The van der Waals surface area contributed by atoms with Crippen molar-refractivity contribution in [3.63, 3.8) is 0 Å². The summed E-state index contributed by atoms with van der Waals surface area (Å²) in [7, 11) is 0. The van der Waals surface area contributed by atoms with Crippen molar-refractivity contribution in [3.8, 4) is 0 Å². The molecule has 1 spiro atoms. The summed E-state index contributed by atoms with van der Waals surface area (Å²) in [6.45, 7) is 13.9. The zero-order valence-corrected chi connectivity index (χ0v) is 22.5. The predicted molar refractivity (Wildman–Crippen MR) is 145 cm³/mol. The number of aryl methyl sites for hydroxylation is 1. The maximum absolute atomic E-state index is 10.7. The fourth-order valence-corrected chi connectivity index (χ4v) is 7.13. The first-order chi connectivity index (χ1) is 16.8.